The number of aliphatic carboxylic acids is 1. The number of carbonyl (C=O) groups is 1. The molecule has 3 fully saturated rings. The van der Waals surface area contributed by atoms with Gasteiger partial charge in [-0.3, -0.25) is 0 Å². The van der Waals surface area contributed by atoms with E-state index in [-0.39, 0.29) is 11.5 Å². The molecule has 20 heavy (non-hydrogen) atoms. The number of epoxide rings is 1. The first-order chi connectivity index (χ1) is 9.31. The Labute approximate surface area is 120 Å². The van der Waals surface area contributed by atoms with E-state index in [0.717, 1.165) is 32.1 Å². The van der Waals surface area contributed by atoms with Crippen molar-refractivity contribution in [1.82, 2.24) is 0 Å². The van der Waals surface area contributed by atoms with Crippen LogP contribution in [0.15, 0.2) is 0 Å². The molecule has 114 valence electrons. The fourth-order valence-corrected chi connectivity index (χ4v) is 4.85. The van der Waals surface area contributed by atoms with Crippen LogP contribution < -0.4 is 0 Å². The largest absolute Gasteiger partial charge is 0.479 e. The maximum Gasteiger partial charge on any atom is 0.339 e. The van der Waals surface area contributed by atoms with Crippen LogP contribution in [0.1, 0.15) is 65.2 Å². The monoisotopic (exact) mass is 282 g/mol. The average Bonchev–Trinajstić information content (AvgIpc) is 3.14. The van der Waals surface area contributed by atoms with E-state index in [1.54, 1.807) is 0 Å². The van der Waals surface area contributed by atoms with Crippen molar-refractivity contribution in [3.05, 3.63) is 0 Å². The Morgan fingerprint density at radius 3 is 2.45 bits per heavy atom. The first-order valence-electron chi connectivity index (χ1n) is 7.92. The van der Waals surface area contributed by atoms with Gasteiger partial charge in [0.1, 0.15) is 6.10 Å². The zero-order chi connectivity index (χ0) is 14.6. The lowest BCUT2D eigenvalue weighted by molar-refractivity contribution is -0.185. The predicted octanol–water partition coefficient (Wildman–Crippen LogP) is 2.73. The molecular formula is C16H26O4. The fourth-order valence-electron chi connectivity index (χ4n) is 4.85. The number of carboxylic acid groups (broad SMARTS) is 1. The smallest absolute Gasteiger partial charge is 0.339 e. The van der Waals surface area contributed by atoms with Gasteiger partial charge in [0.15, 0.2) is 5.60 Å². The molecule has 2 saturated carbocycles. The summed E-state index contributed by atoms with van der Waals surface area (Å²) in [7, 11) is 0. The van der Waals surface area contributed by atoms with Crippen LogP contribution in [0.5, 0.6) is 0 Å². The van der Waals surface area contributed by atoms with Crippen LogP contribution >= 0.6 is 0 Å². The van der Waals surface area contributed by atoms with Crippen molar-refractivity contribution < 1.29 is 19.7 Å². The molecule has 2 aliphatic carbocycles. The Balaban J connectivity index is 1.86. The number of hydrogen-bond acceptors (Lipinski definition) is 3. The number of rotatable bonds is 3. The minimum absolute atomic E-state index is 0.0386. The molecule has 4 unspecified atom stereocenters. The Morgan fingerprint density at radius 2 is 1.85 bits per heavy atom. The maximum atomic E-state index is 11.7. The van der Waals surface area contributed by atoms with Crippen LogP contribution in [-0.2, 0) is 9.53 Å². The lowest BCUT2D eigenvalue weighted by Gasteiger charge is -2.49. The van der Waals surface area contributed by atoms with Gasteiger partial charge in [-0.25, -0.2) is 4.79 Å². The fraction of sp³-hybridized carbons (Fsp3) is 0.938. The van der Waals surface area contributed by atoms with Crippen LogP contribution in [0.4, 0.5) is 0 Å². The Morgan fingerprint density at radius 1 is 1.20 bits per heavy atom. The summed E-state index contributed by atoms with van der Waals surface area (Å²) >= 11 is 0. The van der Waals surface area contributed by atoms with E-state index in [1.807, 2.05) is 6.92 Å². The third kappa shape index (κ3) is 2.00. The summed E-state index contributed by atoms with van der Waals surface area (Å²) in [6.07, 6.45) is 7.90. The highest BCUT2D eigenvalue weighted by atomic mass is 16.6. The van der Waals surface area contributed by atoms with Gasteiger partial charge < -0.3 is 14.9 Å². The Bertz CT molecular complexity index is 415. The molecule has 1 aliphatic heterocycles. The normalized spacial score (nSPS) is 46.5. The minimum atomic E-state index is -1.71. The molecule has 3 rings (SSSR count). The van der Waals surface area contributed by atoms with Crippen LogP contribution in [0.3, 0.4) is 0 Å². The second-order valence-electron chi connectivity index (χ2n) is 7.81. The lowest BCUT2D eigenvalue weighted by atomic mass is 9.56. The summed E-state index contributed by atoms with van der Waals surface area (Å²) in [4.78, 5) is 11.7. The van der Waals surface area contributed by atoms with Gasteiger partial charge in [-0.05, 0) is 37.5 Å². The summed E-state index contributed by atoms with van der Waals surface area (Å²) in [6.45, 7) is 4.22. The van der Waals surface area contributed by atoms with Crippen molar-refractivity contribution in [2.75, 3.05) is 0 Å². The highest BCUT2D eigenvalue weighted by Gasteiger charge is 2.70. The average molecular weight is 282 g/mol. The molecule has 1 heterocycles. The molecule has 4 atom stereocenters. The molecule has 3 aliphatic rings. The first kappa shape index (κ1) is 14.3. The van der Waals surface area contributed by atoms with Crippen molar-refractivity contribution in [1.29, 1.82) is 0 Å². The lowest BCUT2D eigenvalue weighted by Crippen LogP contribution is -2.60. The second kappa shape index (κ2) is 4.44. The molecule has 0 amide bonds. The van der Waals surface area contributed by atoms with Gasteiger partial charge in [0, 0.05) is 5.41 Å². The molecule has 0 spiro atoms. The van der Waals surface area contributed by atoms with Gasteiger partial charge in [-0.1, -0.05) is 33.1 Å². The highest BCUT2D eigenvalue weighted by molar-refractivity contribution is 5.80. The van der Waals surface area contributed by atoms with Crippen molar-refractivity contribution in [2.24, 2.45) is 10.8 Å². The summed E-state index contributed by atoms with van der Waals surface area (Å²) in [5.41, 5.74) is -2.13. The minimum Gasteiger partial charge on any atom is -0.479 e. The third-order valence-electron chi connectivity index (χ3n) is 6.10. The van der Waals surface area contributed by atoms with Gasteiger partial charge in [0.25, 0.3) is 0 Å². The summed E-state index contributed by atoms with van der Waals surface area (Å²) in [5, 5.41) is 20.5. The molecule has 0 radical (unpaired) electrons. The molecule has 1 saturated heterocycles. The van der Waals surface area contributed by atoms with E-state index in [1.165, 1.54) is 19.3 Å². The number of fused-ring (bicyclic) bond motifs is 1. The van der Waals surface area contributed by atoms with Crippen LogP contribution in [-0.4, -0.2) is 34.0 Å². The zero-order valence-corrected chi connectivity index (χ0v) is 12.5. The van der Waals surface area contributed by atoms with Gasteiger partial charge in [0.05, 0.1) is 6.10 Å². The first-order valence-corrected chi connectivity index (χ1v) is 7.92. The van der Waals surface area contributed by atoms with Crippen LogP contribution in [0, 0.1) is 10.8 Å². The Hall–Kier alpha value is -0.610. The van der Waals surface area contributed by atoms with E-state index in [4.69, 9.17) is 4.74 Å². The predicted molar refractivity (Wildman–Crippen MR) is 74.4 cm³/mol. The number of carboxylic acids is 1. The van der Waals surface area contributed by atoms with E-state index in [9.17, 15) is 15.0 Å². The molecule has 0 aromatic carbocycles. The van der Waals surface area contributed by atoms with E-state index >= 15 is 0 Å². The van der Waals surface area contributed by atoms with Crippen LogP contribution in [0.25, 0.3) is 0 Å². The standard InChI is InChI=1S/C16H26O4/c1-14(7-4-3-5-8-14)10-15(2)9-6-11-12(20-11)16(15,19)13(17)18/h11-12,19H,3-10H2,1-2H3,(H,17,18). The summed E-state index contributed by atoms with van der Waals surface area (Å²) in [5.74, 6) is -1.10. The molecule has 0 aromatic rings. The van der Waals surface area contributed by atoms with E-state index in [0.29, 0.717) is 0 Å². The van der Waals surface area contributed by atoms with Crippen molar-refractivity contribution in [3.8, 4) is 0 Å². The van der Waals surface area contributed by atoms with Crippen molar-refractivity contribution in [2.45, 2.75) is 83.0 Å². The van der Waals surface area contributed by atoms with E-state index < -0.39 is 23.1 Å². The summed E-state index contributed by atoms with van der Waals surface area (Å²) < 4.78 is 5.44. The third-order valence-corrected chi connectivity index (χ3v) is 6.10. The molecule has 4 nitrogen and oxygen atoms in total. The molecule has 4 heteroatoms. The van der Waals surface area contributed by atoms with Gasteiger partial charge in [-0.2, -0.15) is 0 Å². The van der Waals surface area contributed by atoms with Gasteiger partial charge in [0.2, 0.25) is 0 Å². The molecular weight excluding hydrogens is 256 g/mol. The van der Waals surface area contributed by atoms with Gasteiger partial charge >= 0.3 is 5.97 Å². The quantitative estimate of drug-likeness (QED) is 0.781. The van der Waals surface area contributed by atoms with Crippen LogP contribution in [0.2, 0.25) is 0 Å². The molecule has 2 N–H and O–H groups in total. The topological polar surface area (TPSA) is 70.1 Å². The maximum absolute atomic E-state index is 11.7. The number of hydrogen-bond donors (Lipinski definition) is 2. The van der Waals surface area contributed by atoms with E-state index in [2.05, 4.69) is 6.92 Å². The SMILES string of the molecule is CC1(CC2(C)CCC3OC3C2(O)C(=O)O)CCCCC1. The second-order valence-corrected chi connectivity index (χ2v) is 7.81. The number of ether oxygens (including phenoxy) is 1. The Kier molecular flexibility index (Phi) is 3.18. The van der Waals surface area contributed by atoms with Gasteiger partial charge in [-0.15, -0.1) is 0 Å². The summed E-state index contributed by atoms with van der Waals surface area (Å²) in [6, 6.07) is 0. The zero-order valence-electron chi connectivity index (χ0n) is 12.5. The van der Waals surface area contributed by atoms with Crippen molar-refractivity contribution >= 4 is 5.97 Å². The highest BCUT2D eigenvalue weighted by Crippen LogP contribution is 2.58. The molecule has 0 aromatic heterocycles. The number of aliphatic hydroxyl groups is 1. The van der Waals surface area contributed by atoms with Crippen molar-refractivity contribution in [3.63, 3.8) is 0 Å². The molecule has 0 bridgehead atoms.